The Kier molecular flexibility index (Phi) is 5.32. The molecule has 0 spiro atoms. The highest BCUT2D eigenvalue weighted by atomic mass is 32.1. The van der Waals surface area contributed by atoms with Crippen molar-refractivity contribution >= 4 is 27.5 Å². The Bertz CT molecular complexity index is 1010. The SMILES string of the molecule is COc1ccc(OC)c(C(C)NC(=O)c2sc3nc(C)nc(C)c3c2C)c1. The maximum absolute atomic E-state index is 12.9. The van der Waals surface area contributed by atoms with Gasteiger partial charge in [-0.1, -0.05) is 0 Å². The number of aryl methyl sites for hydroxylation is 3. The summed E-state index contributed by atoms with van der Waals surface area (Å²) >= 11 is 1.40. The van der Waals surface area contributed by atoms with Crippen LogP contribution in [0.25, 0.3) is 10.2 Å². The molecule has 1 unspecified atom stereocenters. The van der Waals surface area contributed by atoms with E-state index in [1.54, 1.807) is 14.2 Å². The van der Waals surface area contributed by atoms with E-state index in [1.165, 1.54) is 11.3 Å². The van der Waals surface area contributed by atoms with E-state index in [0.717, 1.165) is 27.0 Å². The topological polar surface area (TPSA) is 73.3 Å². The van der Waals surface area contributed by atoms with E-state index in [-0.39, 0.29) is 11.9 Å². The molecule has 1 aromatic carbocycles. The lowest BCUT2D eigenvalue weighted by molar-refractivity contribution is 0.0943. The lowest BCUT2D eigenvalue weighted by atomic mass is 10.1. The minimum atomic E-state index is -0.249. The molecule has 3 aromatic rings. The number of ether oxygens (including phenoxy) is 2. The summed E-state index contributed by atoms with van der Waals surface area (Å²) in [5, 5.41) is 4.02. The van der Waals surface area contributed by atoms with Gasteiger partial charge in [-0.2, -0.15) is 0 Å². The molecule has 0 saturated carbocycles. The Hall–Kier alpha value is -2.67. The molecule has 0 saturated heterocycles. The summed E-state index contributed by atoms with van der Waals surface area (Å²) in [6.45, 7) is 7.67. The molecule has 27 heavy (non-hydrogen) atoms. The Balaban J connectivity index is 1.93. The number of carbonyl (C=O) groups is 1. The number of amides is 1. The molecule has 7 heteroatoms. The van der Waals surface area contributed by atoms with Crippen molar-refractivity contribution in [3.63, 3.8) is 0 Å². The predicted molar refractivity (Wildman–Crippen MR) is 107 cm³/mol. The quantitative estimate of drug-likeness (QED) is 0.715. The molecule has 0 radical (unpaired) electrons. The van der Waals surface area contributed by atoms with Gasteiger partial charge in [-0.25, -0.2) is 9.97 Å². The summed E-state index contributed by atoms with van der Waals surface area (Å²) in [5.74, 6) is 1.99. The van der Waals surface area contributed by atoms with Gasteiger partial charge in [0.05, 0.1) is 25.1 Å². The van der Waals surface area contributed by atoms with Crippen LogP contribution in [0.5, 0.6) is 11.5 Å². The van der Waals surface area contributed by atoms with Crippen molar-refractivity contribution in [2.45, 2.75) is 33.7 Å². The zero-order valence-corrected chi connectivity index (χ0v) is 17.2. The fraction of sp³-hybridized carbons (Fsp3) is 0.350. The predicted octanol–water partition coefficient (Wildman–Crippen LogP) is 4.12. The van der Waals surface area contributed by atoms with Gasteiger partial charge in [-0.3, -0.25) is 4.79 Å². The Morgan fingerprint density at radius 1 is 1.15 bits per heavy atom. The monoisotopic (exact) mass is 385 g/mol. The molecule has 142 valence electrons. The highest BCUT2D eigenvalue weighted by Crippen LogP contribution is 2.33. The number of hydrogen-bond donors (Lipinski definition) is 1. The number of nitrogens with zero attached hydrogens (tertiary/aromatic N) is 2. The van der Waals surface area contributed by atoms with Crippen molar-refractivity contribution in [2.75, 3.05) is 14.2 Å². The number of aromatic nitrogens is 2. The van der Waals surface area contributed by atoms with Crippen LogP contribution >= 0.6 is 11.3 Å². The maximum Gasteiger partial charge on any atom is 0.262 e. The highest BCUT2D eigenvalue weighted by Gasteiger charge is 2.21. The fourth-order valence-electron chi connectivity index (χ4n) is 3.21. The second kappa shape index (κ2) is 7.52. The summed E-state index contributed by atoms with van der Waals surface area (Å²) in [4.78, 5) is 23.3. The van der Waals surface area contributed by atoms with E-state index in [9.17, 15) is 4.79 Å². The Labute approximate surface area is 162 Å². The van der Waals surface area contributed by atoms with E-state index >= 15 is 0 Å². The number of thiophene rings is 1. The second-order valence-corrected chi connectivity index (χ2v) is 7.39. The summed E-state index contributed by atoms with van der Waals surface area (Å²) < 4.78 is 10.7. The minimum Gasteiger partial charge on any atom is -0.497 e. The molecular weight excluding hydrogens is 362 g/mol. The van der Waals surface area contributed by atoms with Crippen molar-refractivity contribution < 1.29 is 14.3 Å². The summed E-state index contributed by atoms with van der Waals surface area (Å²) in [7, 11) is 3.22. The third-order valence-corrected chi connectivity index (χ3v) is 5.72. The van der Waals surface area contributed by atoms with Gasteiger partial charge >= 0.3 is 0 Å². The van der Waals surface area contributed by atoms with Gasteiger partial charge in [0.2, 0.25) is 0 Å². The first kappa shape index (κ1) is 19.1. The Morgan fingerprint density at radius 3 is 2.56 bits per heavy atom. The standard InChI is InChI=1S/C20H23N3O3S/c1-10-17-12(3)21-13(4)23-20(17)27-18(10)19(24)22-11(2)15-9-14(25-5)7-8-16(15)26-6/h7-9,11H,1-6H3,(H,22,24). The van der Waals surface area contributed by atoms with Crippen LogP contribution in [-0.4, -0.2) is 30.1 Å². The molecule has 1 atom stereocenters. The normalized spacial score (nSPS) is 12.1. The zero-order valence-electron chi connectivity index (χ0n) is 16.3. The Morgan fingerprint density at radius 2 is 1.89 bits per heavy atom. The molecule has 0 aliphatic rings. The van der Waals surface area contributed by atoms with Gasteiger partial charge in [0.25, 0.3) is 5.91 Å². The molecule has 0 fully saturated rings. The average Bonchev–Trinajstić information content (AvgIpc) is 2.97. The number of rotatable bonds is 5. The van der Waals surface area contributed by atoms with Gasteiger partial charge in [-0.05, 0) is 51.5 Å². The number of hydrogen-bond acceptors (Lipinski definition) is 6. The summed E-state index contributed by atoms with van der Waals surface area (Å²) in [6, 6.07) is 5.29. The minimum absolute atomic E-state index is 0.134. The van der Waals surface area contributed by atoms with Crippen LogP contribution in [0, 0.1) is 20.8 Å². The molecule has 0 bridgehead atoms. The molecule has 3 rings (SSSR count). The zero-order chi connectivity index (χ0) is 19.7. The number of benzene rings is 1. The first-order valence-electron chi connectivity index (χ1n) is 8.62. The smallest absolute Gasteiger partial charge is 0.262 e. The molecule has 2 heterocycles. The molecule has 2 aromatic heterocycles. The summed E-state index contributed by atoms with van der Waals surface area (Å²) in [5.41, 5.74) is 2.67. The van der Waals surface area contributed by atoms with Crippen molar-refractivity contribution in [2.24, 2.45) is 0 Å². The van der Waals surface area contributed by atoms with Crippen molar-refractivity contribution in [3.05, 3.63) is 45.7 Å². The van der Waals surface area contributed by atoms with Crippen LogP contribution < -0.4 is 14.8 Å². The van der Waals surface area contributed by atoms with E-state index in [4.69, 9.17) is 9.47 Å². The van der Waals surface area contributed by atoms with Gasteiger partial charge in [0.1, 0.15) is 22.2 Å². The molecule has 0 aliphatic heterocycles. The number of carbonyl (C=O) groups excluding carboxylic acids is 1. The molecule has 1 N–H and O–H groups in total. The number of fused-ring (bicyclic) bond motifs is 1. The lowest BCUT2D eigenvalue weighted by Crippen LogP contribution is -2.26. The number of nitrogens with one attached hydrogen (secondary N) is 1. The molecular formula is C20H23N3O3S. The van der Waals surface area contributed by atoms with Gasteiger partial charge in [-0.15, -0.1) is 11.3 Å². The second-order valence-electron chi connectivity index (χ2n) is 6.40. The van der Waals surface area contributed by atoms with E-state index in [1.807, 2.05) is 45.9 Å². The van der Waals surface area contributed by atoms with Crippen LogP contribution in [0.4, 0.5) is 0 Å². The average molecular weight is 385 g/mol. The first-order chi connectivity index (χ1) is 12.8. The molecule has 6 nitrogen and oxygen atoms in total. The van der Waals surface area contributed by atoms with Crippen LogP contribution in [-0.2, 0) is 0 Å². The third kappa shape index (κ3) is 3.60. The lowest BCUT2D eigenvalue weighted by Gasteiger charge is -2.18. The highest BCUT2D eigenvalue weighted by molar-refractivity contribution is 7.20. The van der Waals surface area contributed by atoms with E-state index in [2.05, 4.69) is 15.3 Å². The molecule has 0 aliphatic carbocycles. The first-order valence-corrected chi connectivity index (χ1v) is 9.44. The van der Waals surface area contributed by atoms with Crippen LogP contribution in [0.2, 0.25) is 0 Å². The fourth-order valence-corrected chi connectivity index (χ4v) is 4.39. The third-order valence-electron chi connectivity index (χ3n) is 4.54. The van der Waals surface area contributed by atoms with Crippen LogP contribution in [0.3, 0.4) is 0 Å². The van der Waals surface area contributed by atoms with Crippen LogP contribution in [0.1, 0.15) is 45.3 Å². The van der Waals surface area contributed by atoms with Crippen molar-refractivity contribution in [3.8, 4) is 11.5 Å². The van der Waals surface area contributed by atoms with Crippen LogP contribution in [0.15, 0.2) is 18.2 Å². The van der Waals surface area contributed by atoms with E-state index in [0.29, 0.717) is 22.2 Å². The molecule has 1 amide bonds. The maximum atomic E-state index is 12.9. The van der Waals surface area contributed by atoms with Crippen molar-refractivity contribution in [1.29, 1.82) is 0 Å². The number of methoxy groups -OCH3 is 2. The summed E-state index contributed by atoms with van der Waals surface area (Å²) in [6.07, 6.45) is 0. The van der Waals surface area contributed by atoms with Gasteiger partial charge < -0.3 is 14.8 Å². The van der Waals surface area contributed by atoms with Gasteiger partial charge in [0.15, 0.2) is 0 Å². The van der Waals surface area contributed by atoms with Gasteiger partial charge in [0, 0.05) is 16.6 Å². The largest absolute Gasteiger partial charge is 0.497 e. The van der Waals surface area contributed by atoms with Crippen molar-refractivity contribution in [1.82, 2.24) is 15.3 Å². The van der Waals surface area contributed by atoms with E-state index < -0.39 is 0 Å².